The molecule has 0 amide bonds. The third-order valence-electron chi connectivity index (χ3n) is 9.21. The largest absolute Gasteiger partial charge is 0.867 e. The monoisotopic (exact) mass is 800 g/mol. The maximum atomic E-state index is 9.89. The molecule has 0 saturated heterocycles. The van der Waals surface area contributed by atoms with Gasteiger partial charge in [-0.1, -0.05) is 24.3 Å². The van der Waals surface area contributed by atoms with Crippen molar-refractivity contribution in [2.75, 3.05) is 37.2 Å². The van der Waals surface area contributed by atoms with Crippen LogP contribution in [0.15, 0.2) is 179 Å². The van der Waals surface area contributed by atoms with Crippen molar-refractivity contribution >= 4 is 30.1 Å². The summed E-state index contributed by atoms with van der Waals surface area (Å²) in [5.74, 6) is 4.70. The average molecular weight is 801 g/mol. The molecule has 0 fully saturated rings. The van der Waals surface area contributed by atoms with Crippen molar-refractivity contribution in [3.63, 3.8) is 0 Å². The van der Waals surface area contributed by atoms with Crippen LogP contribution in [0.1, 0.15) is 0 Å². The first-order chi connectivity index (χ1) is 29.0. The number of anilines is 4. The first-order valence-electron chi connectivity index (χ1n) is 18.6. The number of ether oxygens (including phenoxy) is 2. The highest BCUT2D eigenvalue weighted by atomic mass is 19.1. The van der Waals surface area contributed by atoms with Gasteiger partial charge < -0.3 is 46.8 Å². The lowest BCUT2D eigenvalue weighted by molar-refractivity contribution is -0.366. The van der Waals surface area contributed by atoms with E-state index in [9.17, 15) is 4.32 Å². The highest BCUT2D eigenvalue weighted by molar-refractivity contribution is 6.27. The molecule has 0 unspecified atom stereocenters. The van der Waals surface area contributed by atoms with Crippen LogP contribution in [0.5, 0.6) is 11.5 Å². The van der Waals surface area contributed by atoms with Gasteiger partial charge in [-0.25, -0.2) is 8.83 Å². The van der Waals surface area contributed by atoms with Gasteiger partial charge in [0.15, 0.2) is 0 Å². The van der Waals surface area contributed by atoms with Gasteiger partial charge in [0.05, 0.1) is 60.7 Å². The Morgan fingerprint density at radius 2 is 0.567 bits per heavy atom. The fourth-order valence-corrected chi connectivity index (χ4v) is 6.06. The highest BCUT2D eigenvalue weighted by Crippen LogP contribution is 2.36. The molecular weight excluding hydrogens is 758 g/mol. The molecule has 60 heavy (non-hydrogen) atoms. The number of hydrogen-bond donors (Lipinski definition) is 4. The van der Waals surface area contributed by atoms with Gasteiger partial charge in [-0.2, -0.15) is 0 Å². The number of methoxy groups -OCH3 is 2. The van der Waals surface area contributed by atoms with Gasteiger partial charge in [0, 0.05) is 33.9 Å². The Kier molecular flexibility index (Phi) is 13.7. The first-order valence-corrected chi connectivity index (χ1v) is 18.6. The summed E-state index contributed by atoms with van der Waals surface area (Å²) in [5, 5.41) is 16.6. The summed E-state index contributed by atoms with van der Waals surface area (Å²) in [6, 6.07) is 54.7. The molecule has 0 aliphatic carbocycles. The zero-order chi connectivity index (χ0) is 42.6. The predicted octanol–water partition coefficient (Wildman–Crippen LogP) is 9.13. The number of halogens is 1. The molecule has 0 radical (unpaired) electrons. The van der Waals surface area contributed by atoms with Gasteiger partial charge in [-0.15, -0.1) is 0 Å². The van der Waals surface area contributed by atoms with Crippen molar-refractivity contribution in [2.24, 2.45) is 0 Å². The molecule has 300 valence electrons. The Hall–Kier alpha value is -7.67. The summed E-state index contributed by atoms with van der Waals surface area (Å²) in [5.41, 5.74) is 34.3. The van der Waals surface area contributed by atoms with Crippen molar-refractivity contribution < 1.29 is 32.7 Å². The standard InChI is InChI=1S/2C24H21N2O2.BFO2/c2*1-27-22-12-6-16(7-13-22)19-14-23(17-2-8-20(25)9-3-17)28-24(15-19)18-4-10-21(26)11-5-18;2-1(3)4/h2*2-15H,25-26H2,1H3;/q2*+1;-2. The Balaban J connectivity index is 0.000000185. The van der Waals surface area contributed by atoms with Crippen LogP contribution < -0.4 is 42.5 Å². The molecule has 0 atom stereocenters. The van der Waals surface area contributed by atoms with E-state index in [0.29, 0.717) is 22.7 Å². The summed E-state index contributed by atoms with van der Waals surface area (Å²) < 4.78 is 32.9. The number of nitrogens with two attached hydrogens (primary N) is 4. The summed E-state index contributed by atoms with van der Waals surface area (Å²) in [6.45, 7) is 0. The number of rotatable bonds is 8. The van der Waals surface area contributed by atoms with E-state index in [-0.39, 0.29) is 0 Å². The summed E-state index contributed by atoms with van der Waals surface area (Å²) >= 11 is 0. The normalized spacial score (nSPS) is 10.3. The van der Waals surface area contributed by atoms with E-state index in [1.807, 2.05) is 170 Å². The second-order valence-corrected chi connectivity index (χ2v) is 13.4. The van der Waals surface area contributed by atoms with Crippen molar-refractivity contribution in [1.82, 2.24) is 0 Å². The van der Waals surface area contributed by atoms with Crippen molar-refractivity contribution in [3.05, 3.63) is 170 Å². The van der Waals surface area contributed by atoms with Crippen LogP contribution in [-0.4, -0.2) is 21.6 Å². The van der Waals surface area contributed by atoms with Gasteiger partial charge in [-0.05, 0) is 132 Å². The van der Waals surface area contributed by atoms with E-state index in [4.69, 9.17) is 51.3 Å². The number of benzene rings is 6. The second kappa shape index (κ2) is 19.7. The molecule has 8 aromatic rings. The maximum Gasteiger partial charge on any atom is 0.361 e. The van der Waals surface area contributed by atoms with Crippen LogP contribution in [0.2, 0.25) is 0 Å². The van der Waals surface area contributed by atoms with Gasteiger partial charge in [0.2, 0.25) is 0 Å². The zero-order valence-electron chi connectivity index (χ0n) is 32.9. The minimum atomic E-state index is -3.17. The molecule has 0 aliphatic heterocycles. The molecule has 2 heterocycles. The number of hydrogen-bond acceptors (Lipinski definition) is 8. The third kappa shape index (κ3) is 11.3. The summed E-state index contributed by atoms with van der Waals surface area (Å²) in [6.07, 6.45) is 0. The Bertz CT molecular complexity index is 2300. The molecule has 10 nitrogen and oxygen atoms in total. The fourth-order valence-electron chi connectivity index (χ4n) is 6.06. The molecule has 0 spiro atoms. The zero-order valence-corrected chi connectivity index (χ0v) is 32.9. The Morgan fingerprint density at radius 3 is 0.767 bits per heavy atom. The minimum absolute atomic E-state index is 0.716. The van der Waals surface area contributed by atoms with Crippen molar-refractivity contribution in [1.29, 1.82) is 0 Å². The van der Waals surface area contributed by atoms with Crippen molar-refractivity contribution in [2.45, 2.75) is 0 Å². The quantitative estimate of drug-likeness (QED) is 0.0655. The van der Waals surface area contributed by atoms with Gasteiger partial charge in [0.25, 0.3) is 0 Å². The van der Waals surface area contributed by atoms with Crippen LogP contribution in [0.3, 0.4) is 0 Å². The summed E-state index contributed by atoms with van der Waals surface area (Å²) in [7, 11) is 0.156. The predicted molar refractivity (Wildman–Crippen MR) is 236 cm³/mol. The minimum Gasteiger partial charge on any atom is -0.867 e. The second-order valence-electron chi connectivity index (χ2n) is 13.4. The van der Waals surface area contributed by atoms with E-state index >= 15 is 0 Å². The average Bonchev–Trinajstić information content (AvgIpc) is 3.27. The van der Waals surface area contributed by atoms with Gasteiger partial charge in [-0.3, -0.25) is 0 Å². The highest BCUT2D eigenvalue weighted by Gasteiger charge is 2.22. The van der Waals surface area contributed by atoms with Crippen LogP contribution >= 0.6 is 0 Å². The van der Waals surface area contributed by atoms with Crippen LogP contribution in [-0.2, 0) is 0 Å². The molecule has 0 aliphatic rings. The third-order valence-corrected chi connectivity index (χ3v) is 9.21. The number of nitrogen functional groups attached to an aromatic ring is 4. The summed E-state index contributed by atoms with van der Waals surface area (Å²) in [4.78, 5) is 0. The molecule has 2 aromatic heterocycles. The van der Waals surface area contributed by atoms with Gasteiger partial charge >= 0.3 is 23.0 Å². The lowest BCUT2D eigenvalue weighted by Gasteiger charge is -2.09. The van der Waals surface area contributed by atoms with Gasteiger partial charge in [0.1, 0.15) is 18.9 Å². The molecule has 0 saturated carbocycles. The topological polar surface area (TPSA) is 191 Å². The fraction of sp³-hybridized carbons (Fsp3) is 0.0417. The maximum absolute atomic E-state index is 9.89. The first kappa shape index (κ1) is 42.0. The molecule has 6 aromatic carbocycles. The lowest BCUT2D eigenvalue weighted by atomic mass is 10.0. The molecule has 0 bridgehead atoms. The van der Waals surface area contributed by atoms with Crippen LogP contribution in [0.25, 0.3) is 67.5 Å². The van der Waals surface area contributed by atoms with E-state index < -0.39 is 7.40 Å². The Labute approximate surface area is 347 Å². The smallest absolute Gasteiger partial charge is 0.361 e. The van der Waals surface area contributed by atoms with E-state index in [1.54, 1.807) is 14.2 Å². The molecule has 12 heteroatoms. The molecule has 8 N–H and O–H groups in total. The SMILES string of the molecule is COc1ccc(-c2cc(-c3ccc(N)cc3)[o+]c(-c3ccc(N)cc3)c2)cc1.COc1ccc(-c2cc(-c3ccc(N)cc3)[o+]c(-c3ccc(N)cc3)c2)cc1.[O-]B([O-])F. The Morgan fingerprint density at radius 1 is 0.367 bits per heavy atom. The van der Waals surface area contributed by atoms with E-state index in [1.165, 1.54) is 0 Å². The van der Waals surface area contributed by atoms with Crippen LogP contribution in [0.4, 0.5) is 27.1 Å². The van der Waals surface area contributed by atoms with Crippen LogP contribution in [0, 0.1) is 0 Å². The van der Waals surface area contributed by atoms with E-state index in [0.717, 1.165) is 79.0 Å². The lowest BCUT2D eigenvalue weighted by Crippen LogP contribution is -2.39. The van der Waals surface area contributed by atoms with E-state index in [2.05, 4.69) is 0 Å². The molecule has 8 rings (SSSR count). The van der Waals surface area contributed by atoms with Crippen molar-refractivity contribution in [3.8, 4) is 79.0 Å². The molecular formula is C48H42BFN4O6.